The average Bonchev–Trinajstić information content (AvgIpc) is 3.83. The van der Waals surface area contributed by atoms with Crippen molar-refractivity contribution >= 4 is 43.7 Å². The van der Waals surface area contributed by atoms with Crippen LogP contribution >= 0.6 is 0 Å². The van der Waals surface area contributed by atoms with Crippen molar-refractivity contribution in [2.45, 2.75) is 19.3 Å². The van der Waals surface area contributed by atoms with E-state index in [0.717, 1.165) is 49.5 Å². The predicted molar refractivity (Wildman–Crippen MR) is 215 cm³/mol. The average molecular weight is 681 g/mol. The van der Waals surface area contributed by atoms with Crippen LogP contribution in [0.15, 0.2) is 162 Å². The van der Waals surface area contributed by atoms with Crippen molar-refractivity contribution in [2.75, 3.05) is 0 Å². The Morgan fingerprint density at radius 1 is 0.453 bits per heavy atom. The SMILES string of the molecule is CC1(C)c2cc(-c3ccccc3)ccc2-c2cc3c(cc21)c1ccccc1n3-c1nc(-c2ccccc2)nc(-c2cccc3oc4ccccc4c23)n1. The minimum Gasteiger partial charge on any atom is -0.456 e. The quantitative estimate of drug-likeness (QED) is 0.186. The van der Waals surface area contributed by atoms with Crippen molar-refractivity contribution in [3.05, 3.63) is 169 Å². The van der Waals surface area contributed by atoms with Gasteiger partial charge in [-0.2, -0.15) is 9.97 Å². The lowest BCUT2D eigenvalue weighted by atomic mass is 9.81. The van der Waals surface area contributed by atoms with Crippen LogP contribution in [0.5, 0.6) is 0 Å². The van der Waals surface area contributed by atoms with E-state index in [-0.39, 0.29) is 5.41 Å². The second-order valence-electron chi connectivity index (χ2n) is 14.4. The summed E-state index contributed by atoms with van der Waals surface area (Å²) in [4.78, 5) is 15.7. The molecule has 11 rings (SSSR count). The fourth-order valence-corrected chi connectivity index (χ4v) is 8.48. The zero-order chi connectivity index (χ0) is 35.3. The van der Waals surface area contributed by atoms with Gasteiger partial charge in [0.15, 0.2) is 11.6 Å². The molecule has 3 aromatic heterocycles. The normalized spacial score (nSPS) is 13.2. The first-order valence-corrected chi connectivity index (χ1v) is 18.0. The summed E-state index contributed by atoms with van der Waals surface area (Å²) in [7, 11) is 0. The standard InChI is InChI=1S/C48H32N4O/c1-48(2)38-26-31(29-14-5-3-6-15-29)24-25-32(38)36-28-41-37(27-39(36)48)33-18-9-11-21-40(33)52(41)47-50-45(30-16-7-4-8-17-30)49-46(51-47)35-20-13-23-43-44(35)34-19-10-12-22-42(34)53-43/h3-28H,1-2H3. The van der Waals surface area contributed by atoms with E-state index in [2.05, 4.69) is 128 Å². The van der Waals surface area contributed by atoms with Gasteiger partial charge >= 0.3 is 0 Å². The van der Waals surface area contributed by atoms with Crippen LogP contribution in [0.3, 0.4) is 0 Å². The molecular formula is C48H32N4O. The molecule has 250 valence electrons. The third kappa shape index (κ3) is 4.40. The number of para-hydroxylation sites is 2. The molecule has 7 aromatic carbocycles. The third-order valence-corrected chi connectivity index (χ3v) is 11.1. The summed E-state index contributed by atoms with van der Waals surface area (Å²) >= 11 is 0. The maximum absolute atomic E-state index is 6.29. The highest BCUT2D eigenvalue weighted by Crippen LogP contribution is 2.52. The first kappa shape index (κ1) is 29.8. The van der Waals surface area contributed by atoms with Gasteiger partial charge < -0.3 is 4.42 Å². The summed E-state index contributed by atoms with van der Waals surface area (Å²) in [6.45, 7) is 4.70. The smallest absolute Gasteiger partial charge is 0.238 e. The lowest BCUT2D eigenvalue weighted by Crippen LogP contribution is -2.15. The van der Waals surface area contributed by atoms with Crippen LogP contribution < -0.4 is 0 Å². The van der Waals surface area contributed by atoms with Crippen molar-refractivity contribution in [1.82, 2.24) is 19.5 Å². The van der Waals surface area contributed by atoms with E-state index in [1.54, 1.807) is 0 Å². The lowest BCUT2D eigenvalue weighted by Gasteiger charge is -2.22. The molecule has 0 radical (unpaired) electrons. The van der Waals surface area contributed by atoms with Gasteiger partial charge in [-0.15, -0.1) is 0 Å². The Hall–Kier alpha value is -6.85. The molecule has 0 spiro atoms. The van der Waals surface area contributed by atoms with Crippen LogP contribution in [0.25, 0.3) is 94.7 Å². The van der Waals surface area contributed by atoms with Crippen molar-refractivity contribution in [1.29, 1.82) is 0 Å². The highest BCUT2D eigenvalue weighted by Gasteiger charge is 2.37. The van der Waals surface area contributed by atoms with E-state index >= 15 is 0 Å². The van der Waals surface area contributed by atoms with Gasteiger partial charge in [0.25, 0.3) is 0 Å². The lowest BCUT2D eigenvalue weighted by molar-refractivity contribution is 0.661. The molecule has 5 heteroatoms. The minimum absolute atomic E-state index is 0.181. The van der Waals surface area contributed by atoms with Gasteiger partial charge in [-0.25, -0.2) is 4.98 Å². The zero-order valence-corrected chi connectivity index (χ0v) is 29.2. The van der Waals surface area contributed by atoms with E-state index in [0.29, 0.717) is 17.6 Å². The third-order valence-electron chi connectivity index (χ3n) is 11.1. The summed E-state index contributed by atoms with van der Waals surface area (Å²) in [6, 6.07) is 55.3. The monoisotopic (exact) mass is 680 g/mol. The maximum atomic E-state index is 6.29. The molecule has 1 aliphatic carbocycles. The van der Waals surface area contributed by atoms with Crippen LogP contribution in [0.4, 0.5) is 0 Å². The molecule has 1 aliphatic rings. The van der Waals surface area contributed by atoms with Gasteiger partial charge in [0, 0.05) is 38.1 Å². The molecule has 0 saturated carbocycles. The van der Waals surface area contributed by atoms with E-state index in [9.17, 15) is 0 Å². The van der Waals surface area contributed by atoms with Crippen molar-refractivity contribution in [2.24, 2.45) is 0 Å². The fourth-order valence-electron chi connectivity index (χ4n) is 8.48. The maximum Gasteiger partial charge on any atom is 0.238 e. The number of benzene rings is 7. The minimum atomic E-state index is -0.181. The van der Waals surface area contributed by atoms with Gasteiger partial charge in [0.05, 0.1) is 11.0 Å². The van der Waals surface area contributed by atoms with Crippen LogP contribution in [0, 0.1) is 0 Å². The Morgan fingerprint density at radius 3 is 1.96 bits per heavy atom. The molecule has 0 unspecified atom stereocenters. The molecule has 3 heterocycles. The number of rotatable bonds is 4. The molecule has 0 aliphatic heterocycles. The Labute approximate surface area is 305 Å². The van der Waals surface area contributed by atoms with Crippen LogP contribution in [-0.4, -0.2) is 19.5 Å². The predicted octanol–water partition coefficient (Wildman–Crippen LogP) is 12.2. The number of hydrogen-bond donors (Lipinski definition) is 0. The Bertz CT molecular complexity index is 3080. The highest BCUT2D eigenvalue weighted by atomic mass is 16.3. The van der Waals surface area contributed by atoms with Crippen LogP contribution in [0.1, 0.15) is 25.0 Å². The fraction of sp³-hybridized carbons (Fsp3) is 0.0625. The number of aromatic nitrogens is 4. The van der Waals surface area contributed by atoms with E-state index in [4.69, 9.17) is 19.4 Å². The second kappa shape index (κ2) is 11.1. The largest absolute Gasteiger partial charge is 0.456 e. The topological polar surface area (TPSA) is 56.7 Å². The summed E-state index contributed by atoms with van der Waals surface area (Å²) in [5.41, 5.74) is 13.0. The second-order valence-corrected chi connectivity index (χ2v) is 14.4. The molecule has 53 heavy (non-hydrogen) atoms. The number of nitrogens with zero attached hydrogens (tertiary/aromatic N) is 4. The van der Waals surface area contributed by atoms with Gasteiger partial charge in [0.1, 0.15) is 11.2 Å². The van der Waals surface area contributed by atoms with Gasteiger partial charge in [-0.3, -0.25) is 4.57 Å². The first-order valence-electron chi connectivity index (χ1n) is 18.0. The molecule has 0 fully saturated rings. The summed E-state index contributed by atoms with van der Waals surface area (Å²) in [5.74, 6) is 1.78. The van der Waals surface area contributed by atoms with Crippen molar-refractivity contribution < 1.29 is 4.42 Å². The highest BCUT2D eigenvalue weighted by molar-refractivity contribution is 6.13. The summed E-state index contributed by atoms with van der Waals surface area (Å²) < 4.78 is 8.51. The molecule has 0 N–H and O–H groups in total. The van der Waals surface area contributed by atoms with E-state index in [1.807, 2.05) is 48.5 Å². The van der Waals surface area contributed by atoms with Crippen LogP contribution in [0.2, 0.25) is 0 Å². The summed E-state index contributed by atoms with van der Waals surface area (Å²) in [6.07, 6.45) is 0. The molecule has 10 aromatic rings. The molecule has 0 amide bonds. The van der Waals surface area contributed by atoms with E-state index in [1.165, 1.54) is 38.8 Å². The molecule has 0 bridgehead atoms. The Kier molecular flexibility index (Phi) is 6.23. The first-order chi connectivity index (χ1) is 26.0. The molecule has 0 saturated heterocycles. The molecule has 5 nitrogen and oxygen atoms in total. The molecular weight excluding hydrogens is 649 g/mol. The number of hydrogen-bond acceptors (Lipinski definition) is 4. The van der Waals surface area contributed by atoms with Gasteiger partial charge in [-0.05, 0) is 69.8 Å². The summed E-state index contributed by atoms with van der Waals surface area (Å²) in [5, 5.41) is 4.36. The van der Waals surface area contributed by atoms with E-state index < -0.39 is 0 Å². The Balaban J connectivity index is 1.19. The van der Waals surface area contributed by atoms with Crippen LogP contribution in [-0.2, 0) is 5.41 Å². The van der Waals surface area contributed by atoms with Gasteiger partial charge in [0.2, 0.25) is 5.95 Å². The van der Waals surface area contributed by atoms with Crippen molar-refractivity contribution in [3.8, 4) is 51.0 Å². The van der Waals surface area contributed by atoms with Crippen molar-refractivity contribution in [3.63, 3.8) is 0 Å². The van der Waals surface area contributed by atoms with Gasteiger partial charge in [-0.1, -0.05) is 135 Å². The zero-order valence-electron chi connectivity index (χ0n) is 29.2. The molecule has 0 atom stereocenters. The Morgan fingerprint density at radius 2 is 1.13 bits per heavy atom. The number of fused-ring (bicyclic) bond motifs is 9. The number of furan rings is 1.